The molecule has 0 spiro atoms. The zero-order valence-electron chi connectivity index (χ0n) is 11.1. The van der Waals surface area contributed by atoms with Gasteiger partial charge in [0, 0.05) is 19.3 Å². The van der Waals surface area contributed by atoms with Crippen LogP contribution >= 0.6 is 0 Å². The number of hydrogen-bond acceptors (Lipinski definition) is 2. The number of fused-ring (bicyclic) bond motifs is 2. The van der Waals surface area contributed by atoms with Crippen molar-refractivity contribution >= 4 is 16.7 Å². The first-order valence-corrected chi connectivity index (χ1v) is 6.69. The molecule has 1 aliphatic rings. The molecule has 0 aliphatic carbocycles. The van der Waals surface area contributed by atoms with Crippen molar-refractivity contribution in [2.75, 3.05) is 11.9 Å². The smallest absolute Gasteiger partial charge is 0.151 e. The van der Waals surface area contributed by atoms with Crippen LogP contribution in [0.1, 0.15) is 17.3 Å². The third-order valence-electron chi connectivity index (χ3n) is 4.04. The van der Waals surface area contributed by atoms with Gasteiger partial charge in [0.25, 0.3) is 0 Å². The number of benzene rings is 2. The molecule has 3 nitrogen and oxygen atoms in total. The van der Waals surface area contributed by atoms with Crippen molar-refractivity contribution in [3.8, 4) is 0 Å². The monoisotopic (exact) mass is 267 g/mol. The summed E-state index contributed by atoms with van der Waals surface area (Å²) < 4.78 is 15.9. The fourth-order valence-electron chi connectivity index (χ4n) is 3.02. The van der Waals surface area contributed by atoms with E-state index in [-0.39, 0.29) is 11.7 Å². The SMILES string of the molecule is Cn1c(C2CNc3ccccc32)nc2c(F)cccc21. The molecule has 0 amide bonds. The van der Waals surface area contributed by atoms with Crippen molar-refractivity contribution < 1.29 is 4.39 Å². The van der Waals surface area contributed by atoms with Gasteiger partial charge in [-0.2, -0.15) is 0 Å². The van der Waals surface area contributed by atoms with Gasteiger partial charge in [-0.1, -0.05) is 24.3 Å². The molecule has 0 fully saturated rings. The summed E-state index contributed by atoms with van der Waals surface area (Å²) in [6, 6.07) is 13.3. The van der Waals surface area contributed by atoms with Crippen LogP contribution in [0.25, 0.3) is 11.0 Å². The van der Waals surface area contributed by atoms with Crippen LogP contribution in [0.15, 0.2) is 42.5 Å². The van der Waals surface area contributed by atoms with Crippen molar-refractivity contribution in [1.29, 1.82) is 0 Å². The second-order valence-electron chi connectivity index (χ2n) is 5.16. The van der Waals surface area contributed by atoms with E-state index in [4.69, 9.17) is 0 Å². The van der Waals surface area contributed by atoms with E-state index < -0.39 is 0 Å². The van der Waals surface area contributed by atoms with Crippen LogP contribution < -0.4 is 5.32 Å². The first-order valence-electron chi connectivity index (χ1n) is 6.69. The molecule has 4 rings (SSSR count). The lowest BCUT2D eigenvalue weighted by Crippen LogP contribution is -2.09. The molecule has 1 aromatic heterocycles. The highest BCUT2D eigenvalue weighted by molar-refractivity contribution is 5.77. The van der Waals surface area contributed by atoms with Gasteiger partial charge in [-0.05, 0) is 23.8 Å². The van der Waals surface area contributed by atoms with Crippen LogP contribution in [0.2, 0.25) is 0 Å². The zero-order chi connectivity index (χ0) is 13.7. The second kappa shape index (κ2) is 4.07. The predicted molar refractivity (Wildman–Crippen MR) is 77.4 cm³/mol. The maximum absolute atomic E-state index is 13.9. The van der Waals surface area contributed by atoms with E-state index in [1.54, 1.807) is 6.07 Å². The Kier molecular flexibility index (Phi) is 2.33. The lowest BCUT2D eigenvalue weighted by atomic mass is 10.0. The summed E-state index contributed by atoms with van der Waals surface area (Å²) in [5, 5.41) is 3.39. The Morgan fingerprint density at radius 2 is 2.05 bits per heavy atom. The number of imidazole rings is 1. The van der Waals surface area contributed by atoms with Crippen molar-refractivity contribution in [2.45, 2.75) is 5.92 Å². The van der Waals surface area contributed by atoms with Crippen LogP contribution in [-0.4, -0.2) is 16.1 Å². The summed E-state index contributed by atoms with van der Waals surface area (Å²) in [5.41, 5.74) is 3.66. The Balaban J connectivity index is 1.92. The Hall–Kier alpha value is -2.36. The number of nitrogens with one attached hydrogen (secondary N) is 1. The molecule has 1 aliphatic heterocycles. The third-order valence-corrected chi connectivity index (χ3v) is 4.04. The summed E-state index contributed by atoms with van der Waals surface area (Å²) in [4.78, 5) is 4.54. The van der Waals surface area contributed by atoms with E-state index in [0.29, 0.717) is 5.52 Å². The molecule has 2 aromatic carbocycles. The molecule has 0 saturated heterocycles. The molecular weight excluding hydrogens is 253 g/mol. The molecule has 20 heavy (non-hydrogen) atoms. The maximum atomic E-state index is 13.9. The fraction of sp³-hybridized carbons (Fsp3) is 0.188. The number of aromatic nitrogens is 2. The molecular formula is C16H14FN3. The fourth-order valence-corrected chi connectivity index (χ4v) is 3.02. The van der Waals surface area contributed by atoms with Crippen molar-refractivity contribution in [1.82, 2.24) is 9.55 Å². The minimum Gasteiger partial charge on any atom is -0.384 e. The zero-order valence-corrected chi connectivity index (χ0v) is 11.1. The Bertz CT molecular complexity index is 807. The molecule has 3 aromatic rings. The lowest BCUT2D eigenvalue weighted by molar-refractivity contribution is 0.636. The largest absolute Gasteiger partial charge is 0.384 e. The summed E-state index contributed by atoms with van der Waals surface area (Å²) >= 11 is 0. The minimum absolute atomic E-state index is 0.169. The van der Waals surface area contributed by atoms with E-state index in [0.717, 1.165) is 23.6 Å². The molecule has 1 atom stereocenters. The van der Waals surface area contributed by atoms with Gasteiger partial charge in [-0.3, -0.25) is 0 Å². The highest BCUT2D eigenvalue weighted by Gasteiger charge is 2.27. The summed E-state index contributed by atoms with van der Waals surface area (Å²) in [5.74, 6) is 0.814. The number of nitrogens with zero attached hydrogens (tertiary/aromatic N) is 2. The maximum Gasteiger partial charge on any atom is 0.151 e. The average Bonchev–Trinajstić information content (AvgIpc) is 3.02. The summed E-state index contributed by atoms with van der Waals surface area (Å²) in [7, 11) is 1.95. The molecule has 0 radical (unpaired) electrons. The van der Waals surface area contributed by atoms with Crippen LogP contribution in [0.5, 0.6) is 0 Å². The number of rotatable bonds is 1. The van der Waals surface area contributed by atoms with E-state index in [9.17, 15) is 4.39 Å². The number of hydrogen-bond donors (Lipinski definition) is 1. The molecule has 0 bridgehead atoms. The quantitative estimate of drug-likeness (QED) is 0.733. The van der Waals surface area contributed by atoms with Gasteiger partial charge in [-0.25, -0.2) is 9.37 Å². The second-order valence-corrected chi connectivity index (χ2v) is 5.16. The van der Waals surface area contributed by atoms with Gasteiger partial charge in [-0.15, -0.1) is 0 Å². The van der Waals surface area contributed by atoms with Crippen LogP contribution in [-0.2, 0) is 7.05 Å². The lowest BCUT2D eigenvalue weighted by Gasteiger charge is -2.10. The summed E-state index contributed by atoms with van der Waals surface area (Å²) in [6.07, 6.45) is 0. The Labute approximate surface area is 116 Å². The van der Waals surface area contributed by atoms with Gasteiger partial charge in [0.15, 0.2) is 5.82 Å². The van der Waals surface area contributed by atoms with Gasteiger partial charge in [0.2, 0.25) is 0 Å². The number of anilines is 1. The Morgan fingerprint density at radius 3 is 2.90 bits per heavy atom. The number of para-hydroxylation sites is 2. The van der Waals surface area contributed by atoms with Gasteiger partial charge in [0.05, 0.1) is 11.4 Å². The van der Waals surface area contributed by atoms with Crippen LogP contribution in [0.3, 0.4) is 0 Å². The van der Waals surface area contributed by atoms with E-state index >= 15 is 0 Å². The highest BCUT2D eigenvalue weighted by Crippen LogP contribution is 2.36. The molecule has 1 unspecified atom stereocenters. The van der Waals surface area contributed by atoms with Crippen LogP contribution in [0.4, 0.5) is 10.1 Å². The third kappa shape index (κ3) is 1.48. The molecule has 0 saturated carbocycles. The average molecular weight is 267 g/mol. The molecule has 1 N–H and O–H groups in total. The highest BCUT2D eigenvalue weighted by atomic mass is 19.1. The Morgan fingerprint density at radius 1 is 1.20 bits per heavy atom. The summed E-state index contributed by atoms with van der Waals surface area (Å²) in [6.45, 7) is 0.804. The molecule has 100 valence electrons. The first kappa shape index (κ1) is 11.5. The van der Waals surface area contributed by atoms with Gasteiger partial charge in [0.1, 0.15) is 11.3 Å². The van der Waals surface area contributed by atoms with Crippen LogP contribution in [0, 0.1) is 5.82 Å². The van der Waals surface area contributed by atoms with E-state index in [2.05, 4.69) is 22.4 Å². The van der Waals surface area contributed by atoms with Crippen molar-refractivity contribution in [3.63, 3.8) is 0 Å². The normalized spacial score (nSPS) is 17.2. The minimum atomic E-state index is -0.261. The standard InChI is InChI=1S/C16H14FN3/c1-20-14-8-4-6-12(17)15(14)19-16(20)11-9-18-13-7-3-2-5-10(11)13/h2-8,11,18H,9H2,1H3. The topological polar surface area (TPSA) is 29.9 Å². The first-order chi connectivity index (χ1) is 9.75. The van der Waals surface area contributed by atoms with E-state index in [1.807, 2.05) is 29.8 Å². The number of halogens is 1. The predicted octanol–water partition coefficient (Wildman–Crippen LogP) is 3.27. The van der Waals surface area contributed by atoms with Gasteiger partial charge >= 0.3 is 0 Å². The van der Waals surface area contributed by atoms with Gasteiger partial charge < -0.3 is 9.88 Å². The molecule has 4 heteroatoms. The van der Waals surface area contributed by atoms with E-state index in [1.165, 1.54) is 11.6 Å². The van der Waals surface area contributed by atoms with Crippen molar-refractivity contribution in [3.05, 3.63) is 59.7 Å². The number of aryl methyl sites for hydroxylation is 1. The van der Waals surface area contributed by atoms with Crippen molar-refractivity contribution in [2.24, 2.45) is 7.05 Å². The molecule has 2 heterocycles.